The first-order chi connectivity index (χ1) is 14.1. The van der Waals surface area contributed by atoms with Crippen molar-refractivity contribution in [3.8, 4) is 11.5 Å². The first-order valence-corrected chi connectivity index (χ1v) is 10.2. The summed E-state index contributed by atoms with van der Waals surface area (Å²) in [5.74, 6) is 1.06. The standard InChI is InChI=1S/C22H26ClFN2O3/c1-2-28-17-8-10-18(11-9-17)29-13-12-25-22(27)15-26(16-6-7-16)14-19-20(23)4-3-5-21(19)24/h3-5,8-11,16H,2,6-7,12-15H2,1H3,(H,25,27). The summed E-state index contributed by atoms with van der Waals surface area (Å²) in [5.41, 5.74) is 0.438. The Bertz CT molecular complexity index is 792. The van der Waals surface area contributed by atoms with Gasteiger partial charge in [0.15, 0.2) is 0 Å². The van der Waals surface area contributed by atoms with Crippen LogP contribution in [0.5, 0.6) is 11.5 Å². The summed E-state index contributed by atoms with van der Waals surface area (Å²) >= 11 is 6.13. The van der Waals surface area contributed by atoms with E-state index in [1.165, 1.54) is 6.07 Å². The van der Waals surface area contributed by atoms with E-state index in [1.807, 2.05) is 36.1 Å². The number of carbonyl (C=O) groups excluding carboxylic acids is 1. The highest BCUT2D eigenvalue weighted by atomic mass is 35.5. The second-order valence-electron chi connectivity index (χ2n) is 6.94. The Morgan fingerprint density at radius 1 is 1.17 bits per heavy atom. The van der Waals surface area contributed by atoms with Crippen molar-refractivity contribution in [3.05, 3.63) is 58.9 Å². The van der Waals surface area contributed by atoms with Crippen LogP contribution >= 0.6 is 11.6 Å². The molecule has 5 nitrogen and oxygen atoms in total. The molecule has 1 amide bonds. The Labute approximate surface area is 175 Å². The summed E-state index contributed by atoms with van der Waals surface area (Å²) in [6.07, 6.45) is 2.03. The summed E-state index contributed by atoms with van der Waals surface area (Å²) in [6, 6.07) is 12.3. The van der Waals surface area contributed by atoms with Crippen LogP contribution in [0.15, 0.2) is 42.5 Å². The van der Waals surface area contributed by atoms with E-state index in [0.717, 1.165) is 24.3 Å². The van der Waals surface area contributed by atoms with E-state index < -0.39 is 0 Å². The third-order valence-electron chi connectivity index (χ3n) is 4.66. The number of amides is 1. The quantitative estimate of drug-likeness (QED) is 0.557. The first-order valence-electron chi connectivity index (χ1n) is 9.86. The molecular formula is C22H26ClFN2O3. The molecule has 1 N–H and O–H groups in total. The molecule has 0 aliphatic heterocycles. The fourth-order valence-corrected chi connectivity index (χ4v) is 3.26. The molecule has 7 heteroatoms. The average Bonchev–Trinajstić information content (AvgIpc) is 3.54. The van der Waals surface area contributed by atoms with Crippen molar-refractivity contribution in [1.82, 2.24) is 10.2 Å². The molecule has 156 valence electrons. The Kier molecular flexibility index (Phi) is 7.72. The molecule has 0 atom stereocenters. The lowest BCUT2D eigenvalue weighted by Crippen LogP contribution is -2.39. The molecule has 0 bridgehead atoms. The summed E-state index contributed by atoms with van der Waals surface area (Å²) in [5, 5.41) is 3.24. The number of rotatable bonds is 11. The number of ether oxygens (including phenoxy) is 2. The maximum atomic E-state index is 14.1. The highest BCUT2D eigenvalue weighted by Gasteiger charge is 2.31. The molecule has 3 rings (SSSR count). The fraction of sp³-hybridized carbons (Fsp3) is 0.409. The lowest BCUT2D eigenvalue weighted by molar-refractivity contribution is -0.122. The first kappa shape index (κ1) is 21.4. The summed E-state index contributed by atoms with van der Waals surface area (Å²) in [6.45, 7) is 3.84. The number of halogens is 2. The number of hydrogen-bond donors (Lipinski definition) is 1. The highest BCUT2D eigenvalue weighted by Crippen LogP contribution is 2.30. The van der Waals surface area contributed by atoms with Gasteiger partial charge in [-0.25, -0.2) is 4.39 Å². The van der Waals surface area contributed by atoms with E-state index in [4.69, 9.17) is 21.1 Å². The van der Waals surface area contributed by atoms with Gasteiger partial charge in [-0.05, 0) is 56.2 Å². The van der Waals surface area contributed by atoms with Crippen molar-refractivity contribution >= 4 is 17.5 Å². The fourth-order valence-electron chi connectivity index (χ4n) is 3.04. The number of nitrogens with one attached hydrogen (secondary N) is 1. The van der Waals surface area contributed by atoms with Gasteiger partial charge in [0.1, 0.15) is 23.9 Å². The molecule has 0 unspecified atom stereocenters. The van der Waals surface area contributed by atoms with Crippen LogP contribution in [0.3, 0.4) is 0 Å². The van der Waals surface area contributed by atoms with Gasteiger partial charge in [0.05, 0.1) is 19.7 Å². The van der Waals surface area contributed by atoms with E-state index in [0.29, 0.717) is 42.9 Å². The highest BCUT2D eigenvalue weighted by molar-refractivity contribution is 6.31. The van der Waals surface area contributed by atoms with Gasteiger partial charge in [-0.15, -0.1) is 0 Å². The van der Waals surface area contributed by atoms with Gasteiger partial charge in [-0.2, -0.15) is 0 Å². The predicted octanol–water partition coefficient (Wildman–Crippen LogP) is 4.04. The van der Waals surface area contributed by atoms with Crippen LogP contribution in [0.25, 0.3) is 0 Å². The Balaban J connectivity index is 1.42. The molecule has 0 saturated heterocycles. The van der Waals surface area contributed by atoms with Crippen LogP contribution in [0.1, 0.15) is 25.3 Å². The van der Waals surface area contributed by atoms with Crippen LogP contribution in [0.4, 0.5) is 4.39 Å². The normalized spacial score (nSPS) is 13.4. The molecule has 0 radical (unpaired) electrons. The number of carbonyl (C=O) groups is 1. The SMILES string of the molecule is CCOc1ccc(OCCNC(=O)CN(Cc2c(F)cccc2Cl)C2CC2)cc1. The van der Waals surface area contributed by atoms with Gasteiger partial charge < -0.3 is 14.8 Å². The summed E-state index contributed by atoms with van der Waals surface area (Å²) < 4.78 is 25.1. The third kappa shape index (κ3) is 6.61. The van der Waals surface area contributed by atoms with Gasteiger partial charge in [0.2, 0.25) is 5.91 Å². The van der Waals surface area contributed by atoms with E-state index in [9.17, 15) is 9.18 Å². The molecule has 1 aliphatic rings. The van der Waals surface area contributed by atoms with Gasteiger partial charge >= 0.3 is 0 Å². The van der Waals surface area contributed by atoms with Crippen LogP contribution in [-0.2, 0) is 11.3 Å². The van der Waals surface area contributed by atoms with Gasteiger partial charge in [0, 0.05) is 23.2 Å². The molecule has 0 heterocycles. The maximum Gasteiger partial charge on any atom is 0.234 e. The van der Waals surface area contributed by atoms with Crippen LogP contribution in [0, 0.1) is 5.82 Å². The average molecular weight is 421 g/mol. The molecule has 1 aliphatic carbocycles. The zero-order valence-electron chi connectivity index (χ0n) is 16.5. The Hall–Kier alpha value is -2.31. The van der Waals surface area contributed by atoms with Crippen LogP contribution in [0.2, 0.25) is 5.02 Å². The number of benzene rings is 2. The van der Waals surface area contributed by atoms with Crippen molar-refractivity contribution < 1.29 is 18.7 Å². The monoisotopic (exact) mass is 420 g/mol. The van der Waals surface area contributed by atoms with E-state index in [2.05, 4.69) is 5.32 Å². The third-order valence-corrected chi connectivity index (χ3v) is 5.01. The predicted molar refractivity (Wildman–Crippen MR) is 111 cm³/mol. The lowest BCUT2D eigenvalue weighted by atomic mass is 10.2. The molecule has 0 spiro atoms. The summed E-state index contributed by atoms with van der Waals surface area (Å²) in [4.78, 5) is 14.3. The molecule has 29 heavy (non-hydrogen) atoms. The van der Waals surface area contributed by atoms with Crippen molar-refractivity contribution in [1.29, 1.82) is 0 Å². The largest absolute Gasteiger partial charge is 0.494 e. The topological polar surface area (TPSA) is 50.8 Å². The minimum Gasteiger partial charge on any atom is -0.494 e. The number of nitrogens with zero attached hydrogens (tertiary/aromatic N) is 1. The van der Waals surface area contributed by atoms with Crippen molar-refractivity contribution in [2.45, 2.75) is 32.4 Å². The second kappa shape index (κ2) is 10.5. The molecule has 2 aromatic rings. The van der Waals surface area contributed by atoms with E-state index in [-0.39, 0.29) is 18.3 Å². The van der Waals surface area contributed by atoms with E-state index >= 15 is 0 Å². The van der Waals surface area contributed by atoms with Crippen molar-refractivity contribution in [2.75, 3.05) is 26.3 Å². The van der Waals surface area contributed by atoms with Crippen molar-refractivity contribution in [3.63, 3.8) is 0 Å². The summed E-state index contributed by atoms with van der Waals surface area (Å²) in [7, 11) is 0. The van der Waals surface area contributed by atoms with Crippen LogP contribution in [-0.4, -0.2) is 43.2 Å². The minimum atomic E-state index is -0.340. The zero-order valence-corrected chi connectivity index (χ0v) is 17.3. The smallest absolute Gasteiger partial charge is 0.234 e. The maximum absolute atomic E-state index is 14.1. The molecular weight excluding hydrogens is 395 g/mol. The molecule has 0 aromatic heterocycles. The lowest BCUT2D eigenvalue weighted by Gasteiger charge is -2.22. The second-order valence-corrected chi connectivity index (χ2v) is 7.35. The van der Waals surface area contributed by atoms with Crippen LogP contribution < -0.4 is 14.8 Å². The molecule has 1 saturated carbocycles. The van der Waals surface area contributed by atoms with Gasteiger partial charge in [0.25, 0.3) is 0 Å². The van der Waals surface area contributed by atoms with E-state index in [1.54, 1.807) is 12.1 Å². The Morgan fingerprint density at radius 2 is 1.86 bits per heavy atom. The molecule has 1 fully saturated rings. The van der Waals surface area contributed by atoms with Gasteiger partial charge in [-0.3, -0.25) is 9.69 Å². The Morgan fingerprint density at radius 3 is 2.48 bits per heavy atom. The number of hydrogen-bond acceptors (Lipinski definition) is 4. The van der Waals surface area contributed by atoms with Gasteiger partial charge in [-0.1, -0.05) is 17.7 Å². The molecule has 2 aromatic carbocycles. The minimum absolute atomic E-state index is 0.111. The van der Waals surface area contributed by atoms with Crippen molar-refractivity contribution in [2.24, 2.45) is 0 Å². The zero-order chi connectivity index (χ0) is 20.6.